The monoisotopic (exact) mass is 317 g/mol. The molecule has 1 fully saturated rings. The summed E-state index contributed by atoms with van der Waals surface area (Å²) in [6.45, 7) is 1.27. The summed E-state index contributed by atoms with van der Waals surface area (Å²) < 4.78 is 12.6. The zero-order valence-corrected chi connectivity index (χ0v) is 12.9. The van der Waals surface area contributed by atoms with Crippen molar-refractivity contribution < 1.29 is 19.4 Å². The molecule has 0 saturated carbocycles. The SMILES string of the molecule is COCCc1nc([C@H]2CCCO2)n(-c2ccc(C(=O)O)cc2)n1. The fraction of sp³-hybridized carbons (Fsp3) is 0.438. The molecule has 0 aliphatic carbocycles. The second kappa shape index (κ2) is 6.89. The molecule has 3 rings (SSSR count). The average molecular weight is 317 g/mol. The van der Waals surface area contributed by atoms with E-state index in [1.165, 1.54) is 0 Å². The maximum Gasteiger partial charge on any atom is 0.335 e. The number of ether oxygens (including phenoxy) is 2. The van der Waals surface area contributed by atoms with Crippen LogP contribution in [0.15, 0.2) is 24.3 Å². The highest BCUT2D eigenvalue weighted by Gasteiger charge is 2.25. The number of benzene rings is 1. The van der Waals surface area contributed by atoms with Gasteiger partial charge >= 0.3 is 5.97 Å². The first-order chi connectivity index (χ1) is 11.2. The van der Waals surface area contributed by atoms with E-state index in [0.717, 1.165) is 31.0 Å². The summed E-state index contributed by atoms with van der Waals surface area (Å²) in [7, 11) is 1.64. The zero-order valence-electron chi connectivity index (χ0n) is 12.9. The number of hydrogen-bond donors (Lipinski definition) is 1. The maximum atomic E-state index is 11.0. The van der Waals surface area contributed by atoms with Gasteiger partial charge < -0.3 is 14.6 Å². The smallest absolute Gasteiger partial charge is 0.335 e. The summed E-state index contributed by atoms with van der Waals surface area (Å²) in [5.74, 6) is 0.506. The van der Waals surface area contributed by atoms with Crippen LogP contribution in [0.1, 0.15) is 41.0 Å². The van der Waals surface area contributed by atoms with Crippen LogP contribution < -0.4 is 0 Å². The fourth-order valence-corrected chi connectivity index (χ4v) is 2.59. The number of rotatable bonds is 6. The fourth-order valence-electron chi connectivity index (χ4n) is 2.59. The van der Waals surface area contributed by atoms with Crippen molar-refractivity contribution >= 4 is 5.97 Å². The van der Waals surface area contributed by atoms with Crippen LogP contribution in [0.2, 0.25) is 0 Å². The van der Waals surface area contributed by atoms with Crippen LogP contribution >= 0.6 is 0 Å². The van der Waals surface area contributed by atoms with Gasteiger partial charge in [-0.1, -0.05) is 0 Å². The number of carboxylic acids is 1. The van der Waals surface area contributed by atoms with Gasteiger partial charge in [-0.15, -0.1) is 0 Å². The lowest BCUT2D eigenvalue weighted by Crippen LogP contribution is -2.08. The molecule has 1 saturated heterocycles. The Morgan fingerprint density at radius 2 is 2.22 bits per heavy atom. The molecule has 0 radical (unpaired) electrons. The van der Waals surface area contributed by atoms with Gasteiger partial charge in [0.25, 0.3) is 0 Å². The minimum Gasteiger partial charge on any atom is -0.478 e. The van der Waals surface area contributed by atoms with E-state index in [1.807, 2.05) is 0 Å². The van der Waals surface area contributed by atoms with Gasteiger partial charge in [0, 0.05) is 20.1 Å². The van der Waals surface area contributed by atoms with Crippen LogP contribution in [-0.2, 0) is 15.9 Å². The second-order valence-electron chi connectivity index (χ2n) is 5.39. The van der Waals surface area contributed by atoms with Crippen molar-refractivity contribution in [2.24, 2.45) is 0 Å². The highest BCUT2D eigenvalue weighted by atomic mass is 16.5. The third-order valence-corrected chi connectivity index (χ3v) is 3.78. The predicted molar refractivity (Wildman–Crippen MR) is 81.8 cm³/mol. The van der Waals surface area contributed by atoms with Crippen LogP contribution in [0.3, 0.4) is 0 Å². The normalized spacial score (nSPS) is 17.5. The molecule has 1 aliphatic rings. The molecule has 1 aliphatic heterocycles. The Bertz CT molecular complexity index is 675. The Kier molecular flexibility index (Phi) is 4.68. The second-order valence-corrected chi connectivity index (χ2v) is 5.39. The lowest BCUT2D eigenvalue weighted by Gasteiger charge is -2.11. The van der Waals surface area contributed by atoms with Gasteiger partial charge in [0.05, 0.1) is 17.9 Å². The van der Waals surface area contributed by atoms with Gasteiger partial charge in [0.15, 0.2) is 11.6 Å². The maximum absolute atomic E-state index is 11.0. The molecule has 7 nitrogen and oxygen atoms in total. The van der Waals surface area contributed by atoms with E-state index >= 15 is 0 Å². The first-order valence-corrected chi connectivity index (χ1v) is 7.59. The van der Waals surface area contributed by atoms with E-state index in [0.29, 0.717) is 18.9 Å². The molecule has 122 valence electrons. The van der Waals surface area contributed by atoms with E-state index in [2.05, 4.69) is 10.1 Å². The summed E-state index contributed by atoms with van der Waals surface area (Å²) in [6.07, 6.45) is 2.47. The van der Waals surface area contributed by atoms with E-state index in [9.17, 15) is 4.79 Å². The molecule has 1 aromatic heterocycles. The molecule has 2 aromatic rings. The van der Waals surface area contributed by atoms with Crippen molar-refractivity contribution in [2.45, 2.75) is 25.4 Å². The van der Waals surface area contributed by atoms with Gasteiger partial charge in [-0.3, -0.25) is 0 Å². The van der Waals surface area contributed by atoms with Crippen molar-refractivity contribution in [1.29, 1.82) is 0 Å². The quantitative estimate of drug-likeness (QED) is 0.877. The van der Waals surface area contributed by atoms with Gasteiger partial charge in [-0.05, 0) is 37.1 Å². The number of aromatic carboxylic acids is 1. The third-order valence-electron chi connectivity index (χ3n) is 3.78. The standard InChI is InChI=1S/C16H19N3O4/c1-22-10-8-14-17-15(13-3-2-9-23-13)19(18-14)12-6-4-11(5-7-12)16(20)21/h4-7,13H,2-3,8-10H2,1H3,(H,20,21)/t13-/m1/s1. The van der Waals surface area contributed by atoms with Crippen LogP contribution in [-0.4, -0.2) is 46.2 Å². The van der Waals surface area contributed by atoms with Crippen molar-refractivity contribution in [1.82, 2.24) is 14.8 Å². The number of carboxylic acid groups (broad SMARTS) is 1. The molecular weight excluding hydrogens is 298 g/mol. The minimum atomic E-state index is -0.949. The third kappa shape index (κ3) is 3.40. The largest absolute Gasteiger partial charge is 0.478 e. The van der Waals surface area contributed by atoms with Gasteiger partial charge in [0.2, 0.25) is 0 Å². The van der Waals surface area contributed by atoms with Crippen molar-refractivity contribution in [2.75, 3.05) is 20.3 Å². The summed E-state index contributed by atoms with van der Waals surface area (Å²) in [5.41, 5.74) is 1.02. The Morgan fingerprint density at radius 3 is 2.83 bits per heavy atom. The molecular formula is C16H19N3O4. The molecule has 0 unspecified atom stereocenters. The Hall–Kier alpha value is -2.25. The molecule has 7 heteroatoms. The number of hydrogen-bond acceptors (Lipinski definition) is 5. The van der Waals surface area contributed by atoms with E-state index in [-0.39, 0.29) is 11.7 Å². The lowest BCUT2D eigenvalue weighted by atomic mass is 10.2. The lowest BCUT2D eigenvalue weighted by molar-refractivity contribution is 0.0697. The predicted octanol–water partition coefficient (Wildman–Crippen LogP) is 2.01. The number of aromatic nitrogens is 3. The van der Waals surface area contributed by atoms with E-state index < -0.39 is 5.97 Å². The zero-order chi connectivity index (χ0) is 16.2. The van der Waals surface area contributed by atoms with Crippen molar-refractivity contribution in [3.05, 3.63) is 41.5 Å². The molecule has 0 spiro atoms. The minimum absolute atomic E-state index is 0.0713. The molecule has 1 N–H and O–H groups in total. The number of nitrogens with zero attached hydrogens (tertiary/aromatic N) is 3. The molecule has 1 aromatic carbocycles. The van der Waals surface area contributed by atoms with E-state index in [1.54, 1.807) is 36.1 Å². The molecule has 23 heavy (non-hydrogen) atoms. The Balaban J connectivity index is 1.94. The summed E-state index contributed by atoms with van der Waals surface area (Å²) >= 11 is 0. The van der Waals surface area contributed by atoms with Crippen LogP contribution in [0.5, 0.6) is 0 Å². The number of methoxy groups -OCH3 is 1. The summed E-state index contributed by atoms with van der Waals surface area (Å²) in [6, 6.07) is 6.59. The van der Waals surface area contributed by atoms with Crippen molar-refractivity contribution in [3.63, 3.8) is 0 Å². The highest BCUT2D eigenvalue weighted by Crippen LogP contribution is 2.29. The van der Waals surface area contributed by atoms with Crippen molar-refractivity contribution in [3.8, 4) is 5.69 Å². The molecule has 0 bridgehead atoms. The van der Waals surface area contributed by atoms with Crippen LogP contribution in [0.25, 0.3) is 5.69 Å². The van der Waals surface area contributed by atoms with Gasteiger partial charge in [-0.2, -0.15) is 5.10 Å². The first kappa shape index (κ1) is 15.6. The topological polar surface area (TPSA) is 86.5 Å². The Morgan fingerprint density at radius 1 is 1.43 bits per heavy atom. The van der Waals surface area contributed by atoms with Crippen LogP contribution in [0, 0.1) is 0 Å². The highest BCUT2D eigenvalue weighted by molar-refractivity contribution is 5.87. The molecule has 2 heterocycles. The van der Waals surface area contributed by atoms with Gasteiger partial charge in [0.1, 0.15) is 6.10 Å². The van der Waals surface area contributed by atoms with Crippen LogP contribution in [0.4, 0.5) is 0 Å². The average Bonchev–Trinajstić information content (AvgIpc) is 3.22. The van der Waals surface area contributed by atoms with Gasteiger partial charge in [-0.25, -0.2) is 14.5 Å². The number of carbonyl (C=O) groups is 1. The Labute approximate surface area is 133 Å². The molecule has 1 atom stereocenters. The summed E-state index contributed by atoms with van der Waals surface area (Å²) in [4.78, 5) is 15.6. The molecule has 0 amide bonds. The van der Waals surface area contributed by atoms with E-state index in [4.69, 9.17) is 14.6 Å². The first-order valence-electron chi connectivity index (χ1n) is 7.59. The summed E-state index contributed by atoms with van der Waals surface area (Å²) in [5, 5.41) is 13.5.